The minimum absolute atomic E-state index is 0.869. The van der Waals surface area contributed by atoms with Gasteiger partial charge in [-0.05, 0) is 92.3 Å². The number of rotatable bonds is 5. The van der Waals surface area contributed by atoms with E-state index in [9.17, 15) is 0 Å². The van der Waals surface area contributed by atoms with Gasteiger partial charge in [0.05, 0.1) is 16.1 Å². The zero-order chi connectivity index (χ0) is 34.9. The summed E-state index contributed by atoms with van der Waals surface area (Å²) >= 11 is 1.85. The van der Waals surface area contributed by atoms with E-state index in [2.05, 4.69) is 193 Å². The quantitative estimate of drug-likeness (QED) is 0.178. The van der Waals surface area contributed by atoms with Gasteiger partial charge in [0, 0.05) is 31.9 Å². The Balaban J connectivity index is 1.16. The number of furan rings is 1. The average Bonchev–Trinajstić information content (AvgIpc) is 3.81. The van der Waals surface area contributed by atoms with Crippen molar-refractivity contribution in [3.05, 3.63) is 188 Å². The molecule has 0 unspecified atom stereocenters. The number of hydrogen-bond donors (Lipinski definition) is 0. The lowest BCUT2D eigenvalue weighted by molar-refractivity contribution is 0.669. The van der Waals surface area contributed by atoms with Crippen LogP contribution in [-0.4, -0.2) is 0 Å². The molecule has 9 aromatic carbocycles. The maximum atomic E-state index is 6.92. The van der Waals surface area contributed by atoms with Gasteiger partial charge in [0.25, 0.3) is 0 Å². The molecule has 0 radical (unpaired) electrons. The zero-order valence-electron chi connectivity index (χ0n) is 28.7. The number of fused-ring (bicyclic) bond motifs is 8. The van der Waals surface area contributed by atoms with E-state index in [1.54, 1.807) is 0 Å². The van der Waals surface area contributed by atoms with Crippen molar-refractivity contribution in [1.29, 1.82) is 0 Å². The molecule has 2 heterocycles. The second kappa shape index (κ2) is 11.9. The van der Waals surface area contributed by atoms with Crippen LogP contribution in [0.2, 0.25) is 0 Å². The SMILES string of the molecule is c1ccc2cc(-c3ccc(N(c4ccc(-c5ccc6ccccc6c5)c5c4oc4ccccc45)c4cccc5c4sc4ccccc45)cc3)ccc2c1. The summed E-state index contributed by atoms with van der Waals surface area (Å²) in [5, 5.41) is 9.71. The Morgan fingerprint density at radius 1 is 0.415 bits per heavy atom. The first-order valence-electron chi connectivity index (χ1n) is 18.0. The predicted octanol–water partition coefficient (Wildman–Crippen LogP) is 15.1. The van der Waals surface area contributed by atoms with E-state index in [4.69, 9.17) is 4.42 Å². The molecule has 0 fully saturated rings. The lowest BCUT2D eigenvalue weighted by Crippen LogP contribution is -2.10. The second-order valence-corrected chi connectivity index (χ2v) is 14.7. The fourth-order valence-corrected chi connectivity index (χ4v) is 9.28. The van der Waals surface area contributed by atoms with Crippen molar-refractivity contribution in [1.82, 2.24) is 0 Å². The summed E-state index contributed by atoms with van der Waals surface area (Å²) in [6, 6.07) is 67.9. The van der Waals surface area contributed by atoms with Crippen LogP contribution in [0.15, 0.2) is 192 Å². The molecule has 0 amide bonds. The van der Waals surface area contributed by atoms with Crippen LogP contribution in [0.3, 0.4) is 0 Å². The lowest BCUT2D eigenvalue weighted by atomic mass is 9.96. The number of para-hydroxylation sites is 1. The fraction of sp³-hybridized carbons (Fsp3) is 0. The third kappa shape index (κ3) is 4.86. The molecule has 11 aromatic rings. The molecule has 53 heavy (non-hydrogen) atoms. The van der Waals surface area contributed by atoms with Crippen molar-refractivity contribution in [2.75, 3.05) is 4.90 Å². The number of benzene rings is 9. The van der Waals surface area contributed by atoms with Gasteiger partial charge in [-0.25, -0.2) is 0 Å². The highest BCUT2D eigenvalue weighted by atomic mass is 32.1. The van der Waals surface area contributed by atoms with Crippen LogP contribution in [0, 0.1) is 0 Å². The molecule has 11 rings (SSSR count). The van der Waals surface area contributed by atoms with Crippen LogP contribution in [0.4, 0.5) is 17.1 Å². The molecule has 2 nitrogen and oxygen atoms in total. The maximum Gasteiger partial charge on any atom is 0.160 e. The molecular weight excluding hydrogens is 663 g/mol. The predicted molar refractivity (Wildman–Crippen MR) is 227 cm³/mol. The highest BCUT2D eigenvalue weighted by Crippen LogP contribution is 2.49. The Hall–Kier alpha value is -6.68. The van der Waals surface area contributed by atoms with E-state index in [-0.39, 0.29) is 0 Å². The Morgan fingerprint density at radius 2 is 1.04 bits per heavy atom. The van der Waals surface area contributed by atoms with Gasteiger partial charge in [0.15, 0.2) is 5.58 Å². The molecule has 0 saturated heterocycles. The standard InChI is InChI=1S/C50H31NOS/c1-3-12-35-30-37(22-20-32(35)10-1)34-24-26-39(27-25-34)51(45-17-9-16-42-41-14-6-8-19-47(41)53-50(42)45)44-29-28-40(38-23-21-33-11-2-4-13-36(33)31-38)48-43-15-5-7-18-46(43)52-49(44)48/h1-31H. The molecule has 0 saturated carbocycles. The molecule has 0 aliphatic carbocycles. The zero-order valence-corrected chi connectivity index (χ0v) is 29.5. The van der Waals surface area contributed by atoms with E-state index in [0.29, 0.717) is 0 Å². The Kier molecular flexibility index (Phi) is 6.76. The van der Waals surface area contributed by atoms with Crippen LogP contribution in [0.1, 0.15) is 0 Å². The topological polar surface area (TPSA) is 16.4 Å². The molecule has 3 heteroatoms. The summed E-state index contributed by atoms with van der Waals surface area (Å²) in [6.45, 7) is 0. The molecule has 248 valence electrons. The summed E-state index contributed by atoms with van der Waals surface area (Å²) in [4.78, 5) is 2.40. The van der Waals surface area contributed by atoms with Crippen molar-refractivity contribution in [2.45, 2.75) is 0 Å². The molecule has 2 aromatic heterocycles. The Bertz CT molecular complexity index is 3190. The summed E-state index contributed by atoms with van der Waals surface area (Å²) in [7, 11) is 0. The van der Waals surface area contributed by atoms with Crippen molar-refractivity contribution in [3.63, 3.8) is 0 Å². The van der Waals surface area contributed by atoms with Crippen molar-refractivity contribution < 1.29 is 4.42 Å². The highest BCUT2D eigenvalue weighted by molar-refractivity contribution is 7.26. The molecule has 0 aliphatic rings. The van der Waals surface area contributed by atoms with Gasteiger partial charge in [-0.15, -0.1) is 11.3 Å². The third-order valence-electron chi connectivity index (χ3n) is 10.6. The van der Waals surface area contributed by atoms with E-state index < -0.39 is 0 Å². The van der Waals surface area contributed by atoms with Gasteiger partial charge in [-0.2, -0.15) is 0 Å². The minimum atomic E-state index is 0.869. The second-order valence-electron chi connectivity index (χ2n) is 13.7. The monoisotopic (exact) mass is 693 g/mol. The fourth-order valence-electron chi connectivity index (χ4n) is 8.08. The van der Waals surface area contributed by atoms with Gasteiger partial charge in [-0.3, -0.25) is 0 Å². The van der Waals surface area contributed by atoms with Crippen molar-refractivity contribution >= 4 is 92.1 Å². The molecule has 0 N–H and O–H groups in total. The molecule has 0 atom stereocenters. The van der Waals surface area contributed by atoms with E-state index in [1.807, 2.05) is 11.3 Å². The van der Waals surface area contributed by atoms with E-state index in [1.165, 1.54) is 58.4 Å². The van der Waals surface area contributed by atoms with Gasteiger partial charge < -0.3 is 9.32 Å². The van der Waals surface area contributed by atoms with Gasteiger partial charge in [-0.1, -0.05) is 140 Å². The molecular formula is C50H31NOS. The summed E-state index contributed by atoms with van der Waals surface area (Å²) in [5.74, 6) is 0. The third-order valence-corrected chi connectivity index (χ3v) is 11.8. The normalized spacial score (nSPS) is 11.8. The first-order valence-corrected chi connectivity index (χ1v) is 18.8. The Morgan fingerprint density at radius 3 is 1.83 bits per heavy atom. The molecule has 0 spiro atoms. The minimum Gasteiger partial charge on any atom is -0.454 e. The number of thiophene rings is 1. The Labute approximate surface area is 310 Å². The first-order chi connectivity index (χ1) is 26.3. The van der Waals surface area contributed by atoms with Crippen LogP contribution in [0.25, 0.3) is 85.9 Å². The van der Waals surface area contributed by atoms with Crippen LogP contribution in [-0.2, 0) is 0 Å². The number of nitrogens with zero attached hydrogens (tertiary/aromatic N) is 1. The van der Waals surface area contributed by atoms with Gasteiger partial charge in [0.2, 0.25) is 0 Å². The largest absolute Gasteiger partial charge is 0.454 e. The van der Waals surface area contributed by atoms with Crippen LogP contribution >= 0.6 is 11.3 Å². The highest BCUT2D eigenvalue weighted by Gasteiger charge is 2.24. The summed E-state index contributed by atoms with van der Waals surface area (Å²) in [5.41, 5.74) is 9.66. The smallest absolute Gasteiger partial charge is 0.160 e. The van der Waals surface area contributed by atoms with E-state index >= 15 is 0 Å². The van der Waals surface area contributed by atoms with E-state index in [0.717, 1.165) is 44.6 Å². The molecule has 0 aliphatic heterocycles. The lowest BCUT2D eigenvalue weighted by Gasteiger charge is -2.27. The molecule has 0 bridgehead atoms. The van der Waals surface area contributed by atoms with Crippen LogP contribution in [0.5, 0.6) is 0 Å². The van der Waals surface area contributed by atoms with Gasteiger partial charge >= 0.3 is 0 Å². The van der Waals surface area contributed by atoms with Crippen molar-refractivity contribution in [2.24, 2.45) is 0 Å². The number of hydrogen-bond acceptors (Lipinski definition) is 3. The van der Waals surface area contributed by atoms with Crippen molar-refractivity contribution in [3.8, 4) is 22.3 Å². The van der Waals surface area contributed by atoms with Crippen LogP contribution < -0.4 is 4.90 Å². The number of anilines is 3. The summed E-state index contributed by atoms with van der Waals surface area (Å²) < 4.78 is 9.45. The first kappa shape index (κ1) is 30.0. The average molecular weight is 694 g/mol. The van der Waals surface area contributed by atoms with Gasteiger partial charge in [0.1, 0.15) is 5.58 Å². The summed E-state index contributed by atoms with van der Waals surface area (Å²) in [6.07, 6.45) is 0. The maximum absolute atomic E-state index is 6.92.